The third-order valence-electron chi connectivity index (χ3n) is 8.88. The highest BCUT2D eigenvalue weighted by Crippen LogP contribution is 2.24. The molecule has 4 rings (SSSR count). The molecule has 0 saturated carbocycles. The second-order valence-electron chi connectivity index (χ2n) is 13.6. The summed E-state index contributed by atoms with van der Waals surface area (Å²) in [5, 5.41) is 16.5. The second kappa shape index (κ2) is 19.9. The Morgan fingerprint density at radius 1 is 0.873 bits per heavy atom. The van der Waals surface area contributed by atoms with E-state index in [-0.39, 0.29) is 46.8 Å². The van der Waals surface area contributed by atoms with E-state index in [2.05, 4.69) is 36.6 Å². The summed E-state index contributed by atoms with van der Waals surface area (Å²) >= 11 is 1.40. The molecule has 0 aliphatic rings. The summed E-state index contributed by atoms with van der Waals surface area (Å²) in [7, 11) is -2.56. The molecule has 0 aliphatic carbocycles. The van der Waals surface area contributed by atoms with Gasteiger partial charge in [0, 0.05) is 61.5 Å². The van der Waals surface area contributed by atoms with Crippen molar-refractivity contribution in [1.82, 2.24) is 36.6 Å². The minimum absolute atomic E-state index is 0.0502. The minimum Gasteiger partial charge on any atom is -0.355 e. The van der Waals surface area contributed by atoms with Crippen LogP contribution in [0.1, 0.15) is 78.2 Å². The maximum atomic E-state index is 14.1. The molecule has 0 radical (unpaired) electrons. The van der Waals surface area contributed by atoms with Crippen molar-refractivity contribution in [2.24, 2.45) is 5.92 Å². The molecule has 14 nitrogen and oxygen atoms in total. The van der Waals surface area contributed by atoms with Crippen LogP contribution in [0.5, 0.6) is 0 Å². The number of pyridine rings is 1. The van der Waals surface area contributed by atoms with Crippen LogP contribution in [-0.2, 0) is 31.8 Å². The highest BCUT2D eigenvalue weighted by atomic mass is 32.2. The summed E-state index contributed by atoms with van der Waals surface area (Å²) in [6, 6.07) is 14.1. The number of anilines is 1. The normalized spacial score (nSPS) is 13.6. The summed E-state index contributed by atoms with van der Waals surface area (Å²) in [5.74, 6) is -2.18. The Morgan fingerprint density at radius 3 is 2.16 bits per heavy atom. The number of nitrogens with zero attached hydrogens (tertiary/aromatic N) is 3. The lowest BCUT2D eigenvalue weighted by atomic mass is 10.0. The van der Waals surface area contributed by atoms with E-state index >= 15 is 0 Å². The van der Waals surface area contributed by atoms with Crippen LogP contribution in [0.25, 0.3) is 0 Å². The van der Waals surface area contributed by atoms with Crippen molar-refractivity contribution >= 4 is 50.7 Å². The fourth-order valence-electron chi connectivity index (χ4n) is 5.64. The lowest BCUT2D eigenvalue weighted by molar-refractivity contribution is -0.130. The highest BCUT2D eigenvalue weighted by Gasteiger charge is 2.27. The van der Waals surface area contributed by atoms with Crippen molar-refractivity contribution in [1.29, 1.82) is 0 Å². The van der Waals surface area contributed by atoms with Crippen LogP contribution in [-0.4, -0.2) is 80.3 Å². The van der Waals surface area contributed by atoms with Gasteiger partial charge >= 0.3 is 0 Å². The highest BCUT2D eigenvalue weighted by molar-refractivity contribution is 7.92. The Bertz CT molecular complexity index is 2000. The number of amides is 4. The minimum atomic E-state index is -3.94. The summed E-state index contributed by atoms with van der Waals surface area (Å²) in [4.78, 5) is 62.0. The molecule has 55 heavy (non-hydrogen) atoms. The first kappa shape index (κ1) is 42.6. The summed E-state index contributed by atoms with van der Waals surface area (Å²) in [6.45, 7) is 9.54. The number of sulfonamides is 1. The molecule has 2 heterocycles. The first-order valence-electron chi connectivity index (χ1n) is 18.0. The molecule has 0 spiro atoms. The lowest BCUT2D eigenvalue weighted by Crippen LogP contribution is -2.55. The van der Waals surface area contributed by atoms with E-state index in [0.29, 0.717) is 18.5 Å². The monoisotopic (exact) mass is 790 g/mol. The van der Waals surface area contributed by atoms with Gasteiger partial charge < -0.3 is 26.6 Å². The zero-order valence-corrected chi connectivity index (χ0v) is 33.5. The predicted octanol–water partition coefficient (Wildman–Crippen LogP) is 3.59. The Hall–Kier alpha value is -5.19. The van der Waals surface area contributed by atoms with Gasteiger partial charge in [0.25, 0.3) is 11.8 Å². The molecule has 4 aromatic rings. The number of hydrogen-bond donors (Lipinski definition) is 5. The summed E-state index contributed by atoms with van der Waals surface area (Å²) < 4.78 is 28.3. The van der Waals surface area contributed by atoms with Gasteiger partial charge in [0.1, 0.15) is 6.04 Å². The Labute approximate surface area is 327 Å². The van der Waals surface area contributed by atoms with Gasteiger partial charge in [-0.1, -0.05) is 50.2 Å². The average molecular weight is 791 g/mol. The molecule has 16 heteroatoms. The van der Waals surface area contributed by atoms with Gasteiger partial charge in [-0.15, -0.1) is 11.3 Å². The van der Waals surface area contributed by atoms with Crippen molar-refractivity contribution < 1.29 is 27.6 Å². The van der Waals surface area contributed by atoms with Crippen molar-refractivity contribution in [3.05, 3.63) is 112 Å². The van der Waals surface area contributed by atoms with Crippen molar-refractivity contribution in [3.8, 4) is 0 Å². The molecular weight excluding hydrogens is 741 g/mol. The summed E-state index contributed by atoms with van der Waals surface area (Å²) in [6.07, 6.45) is 3.57. The van der Waals surface area contributed by atoms with E-state index in [1.54, 1.807) is 75.1 Å². The number of thiazole rings is 1. The molecule has 5 N–H and O–H groups in total. The van der Waals surface area contributed by atoms with Crippen LogP contribution in [0, 0.1) is 5.92 Å². The van der Waals surface area contributed by atoms with Crippen LogP contribution in [0.3, 0.4) is 0 Å². The summed E-state index contributed by atoms with van der Waals surface area (Å²) in [5.41, 5.74) is 3.98. The van der Waals surface area contributed by atoms with E-state index in [1.807, 2.05) is 25.3 Å². The molecule has 2 aromatic heterocycles. The van der Waals surface area contributed by atoms with Gasteiger partial charge in [-0.25, -0.2) is 13.4 Å². The van der Waals surface area contributed by atoms with E-state index in [9.17, 15) is 27.6 Å². The van der Waals surface area contributed by atoms with Gasteiger partial charge in [0.15, 0.2) is 0 Å². The zero-order valence-electron chi connectivity index (χ0n) is 31.9. The fourth-order valence-corrected chi connectivity index (χ4v) is 7.44. The molecule has 0 fully saturated rings. The van der Waals surface area contributed by atoms with Crippen LogP contribution >= 0.6 is 11.3 Å². The third kappa shape index (κ3) is 12.4. The van der Waals surface area contributed by atoms with Gasteiger partial charge in [0.2, 0.25) is 21.8 Å². The number of likely N-dealkylation sites (N-methyl/N-ethyl adjacent to an activating group) is 1. The molecule has 1 unspecified atom stereocenters. The van der Waals surface area contributed by atoms with E-state index in [1.165, 1.54) is 36.6 Å². The SMILES string of the molecule is CCNC(=O)[C@@H](NC(=O)[C@H](C)NC[C@H](Cc1cscn1)NC(=O)c1cc(C(=O)NC(C)c2cccnc2)cc(N(C)S(=O)(=O)Cc2ccccc2)c1)C(C)C. The van der Waals surface area contributed by atoms with Crippen LogP contribution in [0.4, 0.5) is 5.69 Å². The van der Waals surface area contributed by atoms with Crippen molar-refractivity contribution in [2.45, 2.75) is 71.0 Å². The van der Waals surface area contributed by atoms with Crippen LogP contribution < -0.4 is 30.9 Å². The molecule has 0 bridgehead atoms. The Morgan fingerprint density at radius 2 is 1.56 bits per heavy atom. The Kier molecular flexibility index (Phi) is 15.4. The maximum absolute atomic E-state index is 14.1. The van der Waals surface area contributed by atoms with E-state index < -0.39 is 46.0 Å². The molecule has 0 saturated heterocycles. The molecule has 0 aliphatic heterocycles. The van der Waals surface area contributed by atoms with Crippen LogP contribution in [0.15, 0.2) is 83.9 Å². The lowest BCUT2D eigenvalue weighted by Gasteiger charge is -2.25. The van der Waals surface area contributed by atoms with E-state index in [0.717, 1.165) is 15.6 Å². The number of aromatic nitrogens is 2. The largest absolute Gasteiger partial charge is 0.355 e. The van der Waals surface area contributed by atoms with Gasteiger partial charge in [0.05, 0.1) is 34.7 Å². The van der Waals surface area contributed by atoms with Gasteiger partial charge in [-0.2, -0.15) is 0 Å². The predicted molar refractivity (Wildman–Crippen MR) is 214 cm³/mol. The van der Waals surface area contributed by atoms with Gasteiger partial charge in [-0.05, 0) is 62.1 Å². The molecule has 294 valence electrons. The molecule has 4 atom stereocenters. The number of carbonyl (C=O) groups is 4. The molecule has 2 aromatic carbocycles. The standard InChI is InChI=1S/C39H50N8O6S2/c1-7-41-39(51)35(25(2)3)46-36(48)27(5)42-21-32(19-33-22-54-24-43-33)45-38(50)31-16-30(37(49)44-26(4)29-14-11-15-40-20-29)17-34(18-31)47(6)55(52,53)23-28-12-9-8-10-13-28/h8-18,20,22,24-27,32,35,42H,7,19,21,23H2,1-6H3,(H,41,51)(H,44,49)(H,45,50)(H,46,48)/t26?,27-,32-,35-/m0/s1. The van der Waals surface area contributed by atoms with Crippen molar-refractivity contribution in [2.75, 3.05) is 24.4 Å². The number of hydrogen-bond acceptors (Lipinski definition) is 10. The smallest absolute Gasteiger partial charge is 0.251 e. The van der Waals surface area contributed by atoms with Crippen molar-refractivity contribution in [3.63, 3.8) is 0 Å². The second-order valence-corrected chi connectivity index (χ2v) is 16.3. The topological polar surface area (TPSA) is 192 Å². The molecule has 4 amide bonds. The fraction of sp³-hybridized carbons (Fsp3) is 0.385. The third-order valence-corrected chi connectivity index (χ3v) is 11.3. The molecular formula is C39H50N8O6S2. The number of nitrogens with one attached hydrogen (secondary N) is 5. The first-order chi connectivity index (χ1) is 26.2. The number of benzene rings is 2. The quantitative estimate of drug-likeness (QED) is 0.0945. The maximum Gasteiger partial charge on any atom is 0.251 e. The van der Waals surface area contributed by atoms with Gasteiger partial charge in [-0.3, -0.25) is 28.5 Å². The average Bonchev–Trinajstić information content (AvgIpc) is 3.68. The zero-order chi connectivity index (χ0) is 40.1. The Balaban J connectivity index is 1.60. The van der Waals surface area contributed by atoms with Crippen LogP contribution in [0.2, 0.25) is 0 Å². The van der Waals surface area contributed by atoms with E-state index in [4.69, 9.17) is 0 Å². The number of rotatable bonds is 19. The first-order valence-corrected chi connectivity index (χ1v) is 20.6. The number of carbonyl (C=O) groups excluding carboxylic acids is 4.